The minimum absolute atomic E-state index is 0.0582. The van der Waals surface area contributed by atoms with Crippen LogP contribution < -0.4 is 15.0 Å². The van der Waals surface area contributed by atoms with Crippen LogP contribution >= 0.6 is 0 Å². The Labute approximate surface area is 183 Å². The second-order valence-electron chi connectivity index (χ2n) is 7.86. The van der Waals surface area contributed by atoms with Crippen LogP contribution in [-0.2, 0) is 9.59 Å². The van der Waals surface area contributed by atoms with Crippen molar-refractivity contribution >= 4 is 34.8 Å². The largest absolute Gasteiger partial charge is 0.495 e. The van der Waals surface area contributed by atoms with Gasteiger partial charge in [-0.25, -0.2) is 0 Å². The molecule has 2 aromatic carbocycles. The summed E-state index contributed by atoms with van der Waals surface area (Å²) in [6.45, 7) is 1.91. The second kappa shape index (κ2) is 7.95. The Hall–Kier alpha value is -3.95. The van der Waals surface area contributed by atoms with Crippen LogP contribution in [0.4, 0.5) is 17.1 Å². The highest BCUT2D eigenvalue weighted by molar-refractivity contribution is 6.10. The molecule has 3 amide bonds. The van der Waals surface area contributed by atoms with E-state index >= 15 is 0 Å². The van der Waals surface area contributed by atoms with Gasteiger partial charge in [0.25, 0.3) is 11.6 Å². The number of hydrogen-bond donors (Lipinski definition) is 1. The number of methoxy groups -OCH3 is 1. The summed E-state index contributed by atoms with van der Waals surface area (Å²) in [6.07, 6.45) is 0.718. The molecule has 1 fully saturated rings. The molecule has 10 heteroatoms. The molecule has 4 rings (SSSR count). The zero-order chi connectivity index (χ0) is 23.0. The van der Waals surface area contributed by atoms with Crippen molar-refractivity contribution in [2.45, 2.75) is 31.8 Å². The molecule has 1 saturated heterocycles. The maximum absolute atomic E-state index is 13.2. The van der Waals surface area contributed by atoms with Crippen molar-refractivity contribution < 1.29 is 24.0 Å². The molecule has 166 valence electrons. The molecule has 1 unspecified atom stereocenters. The predicted octanol–water partition coefficient (Wildman–Crippen LogP) is 2.93. The van der Waals surface area contributed by atoms with Gasteiger partial charge in [-0.15, -0.1) is 0 Å². The Bertz CT molecular complexity index is 1130. The zero-order valence-electron chi connectivity index (χ0n) is 17.7. The van der Waals surface area contributed by atoms with Crippen molar-refractivity contribution in [3.8, 4) is 5.75 Å². The molecule has 0 aliphatic carbocycles. The lowest BCUT2D eigenvalue weighted by Crippen LogP contribution is -2.62. The standard InChI is InChI=1S/C22H22N4O6/c1-22-11-9-20(28)25(22)17-6-4-3-5-15(17)21(29)24(22)12-10-19(27)23-16-13-14(26(30)31)7-8-18(16)32-2/h3-8,13H,9-12H2,1-2H3,(H,23,27). The van der Waals surface area contributed by atoms with Gasteiger partial charge in [-0.2, -0.15) is 0 Å². The SMILES string of the molecule is COc1ccc([N+](=O)[O-])cc1NC(=O)CCN1C(=O)c2ccccc2N2C(=O)CCC12C. The minimum Gasteiger partial charge on any atom is -0.495 e. The lowest BCUT2D eigenvalue weighted by molar-refractivity contribution is -0.384. The van der Waals surface area contributed by atoms with Crippen LogP contribution in [0, 0.1) is 10.1 Å². The average Bonchev–Trinajstić information content (AvgIpc) is 3.08. The Kier molecular flexibility index (Phi) is 5.29. The summed E-state index contributed by atoms with van der Waals surface area (Å²) in [4.78, 5) is 52.2. The Balaban J connectivity index is 1.54. The first-order chi connectivity index (χ1) is 15.3. The van der Waals surface area contributed by atoms with E-state index in [4.69, 9.17) is 4.74 Å². The molecule has 1 N–H and O–H groups in total. The Morgan fingerprint density at radius 1 is 1.25 bits per heavy atom. The van der Waals surface area contributed by atoms with Gasteiger partial charge in [-0.1, -0.05) is 12.1 Å². The summed E-state index contributed by atoms with van der Waals surface area (Å²) < 4.78 is 5.17. The summed E-state index contributed by atoms with van der Waals surface area (Å²) in [5, 5.41) is 13.7. The first-order valence-corrected chi connectivity index (χ1v) is 10.1. The van der Waals surface area contributed by atoms with Crippen molar-refractivity contribution in [1.29, 1.82) is 0 Å². The number of carbonyl (C=O) groups is 3. The van der Waals surface area contributed by atoms with E-state index in [1.807, 2.05) is 6.92 Å². The number of amides is 3. The summed E-state index contributed by atoms with van der Waals surface area (Å²) in [5.74, 6) is -0.459. The maximum Gasteiger partial charge on any atom is 0.271 e. The highest BCUT2D eigenvalue weighted by Crippen LogP contribution is 2.44. The smallest absolute Gasteiger partial charge is 0.271 e. The summed E-state index contributed by atoms with van der Waals surface area (Å²) in [6, 6.07) is 10.9. The van der Waals surface area contributed by atoms with Crippen LogP contribution in [0.25, 0.3) is 0 Å². The first-order valence-electron chi connectivity index (χ1n) is 10.1. The number of hydrogen-bond acceptors (Lipinski definition) is 6. The van der Waals surface area contributed by atoms with E-state index in [0.29, 0.717) is 24.1 Å². The van der Waals surface area contributed by atoms with Crippen molar-refractivity contribution in [3.63, 3.8) is 0 Å². The molecule has 10 nitrogen and oxygen atoms in total. The molecule has 0 radical (unpaired) electrons. The van der Waals surface area contributed by atoms with Crippen LogP contribution in [0.3, 0.4) is 0 Å². The molecule has 2 aliphatic rings. The van der Waals surface area contributed by atoms with Gasteiger partial charge in [0, 0.05) is 31.5 Å². The number of para-hydroxylation sites is 1. The lowest BCUT2D eigenvalue weighted by Gasteiger charge is -2.48. The summed E-state index contributed by atoms with van der Waals surface area (Å²) >= 11 is 0. The molecule has 0 aromatic heterocycles. The van der Waals surface area contributed by atoms with Gasteiger partial charge in [-0.3, -0.25) is 29.4 Å². The number of ether oxygens (including phenoxy) is 1. The molecular weight excluding hydrogens is 416 g/mol. The number of anilines is 2. The fourth-order valence-electron chi connectivity index (χ4n) is 4.37. The van der Waals surface area contributed by atoms with Gasteiger partial charge in [0.2, 0.25) is 11.8 Å². The average molecular weight is 438 g/mol. The third-order valence-electron chi connectivity index (χ3n) is 5.98. The Morgan fingerprint density at radius 3 is 2.72 bits per heavy atom. The van der Waals surface area contributed by atoms with Gasteiger partial charge < -0.3 is 15.0 Å². The topological polar surface area (TPSA) is 122 Å². The molecule has 32 heavy (non-hydrogen) atoms. The first kappa shape index (κ1) is 21.3. The van der Waals surface area contributed by atoms with E-state index in [1.54, 1.807) is 34.1 Å². The molecule has 2 heterocycles. The normalized spacial score (nSPS) is 19.4. The number of nitro groups is 1. The number of nitro benzene ring substituents is 1. The zero-order valence-corrected chi connectivity index (χ0v) is 17.7. The number of non-ortho nitro benzene ring substituents is 1. The van der Waals surface area contributed by atoms with Crippen LogP contribution in [0.15, 0.2) is 42.5 Å². The third-order valence-corrected chi connectivity index (χ3v) is 5.98. The van der Waals surface area contributed by atoms with Crippen LogP contribution in [-0.4, -0.2) is 46.9 Å². The molecule has 2 aromatic rings. The van der Waals surface area contributed by atoms with Crippen LogP contribution in [0.1, 0.15) is 36.5 Å². The van der Waals surface area contributed by atoms with E-state index in [0.717, 1.165) is 0 Å². The van der Waals surface area contributed by atoms with Crippen molar-refractivity contribution in [3.05, 3.63) is 58.1 Å². The van der Waals surface area contributed by atoms with Gasteiger partial charge in [0.1, 0.15) is 11.4 Å². The number of carbonyl (C=O) groups excluding carboxylic acids is 3. The lowest BCUT2D eigenvalue weighted by atomic mass is 9.98. The predicted molar refractivity (Wildman–Crippen MR) is 115 cm³/mol. The van der Waals surface area contributed by atoms with Gasteiger partial charge in [0.15, 0.2) is 0 Å². The highest BCUT2D eigenvalue weighted by atomic mass is 16.6. The fourth-order valence-corrected chi connectivity index (χ4v) is 4.37. The van der Waals surface area contributed by atoms with E-state index in [-0.39, 0.29) is 41.9 Å². The summed E-state index contributed by atoms with van der Waals surface area (Å²) in [7, 11) is 1.40. The molecule has 0 bridgehead atoms. The van der Waals surface area contributed by atoms with Crippen molar-refractivity contribution in [2.24, 2.45) is 0 Å². The number of fused-ring (bicyclic) bond motifs is 3. The monoisotopic (exact) mass is 438 g/mol. The molecule has 0 saturated carbocycles. The van der Waals surface area contributed by atoms with E-state index in [9.17, 15) is 24.5 Å². The number of benzene rings is 2. The number of rotatable bonds is 6. The molecular formula is C22H22N4O6. The Morgan fingerprint density at radius 2 is 2.00 bits per heavy atom. The quantitative estimate of drug-likeness (QED) is 0.547. The molecule has 1 atom stereocenters. The summed E-state index contributed by atoms with van der Waals surface area (Å²) in [5.41, 5.74) is 0.138. The maximum atomic E-state index is 13.2. The van der Waals surface area contributed by atoms with Crippen molar-refractivity contribution in [1.82, 2.24) is 4.90 Å². The molecule has 2 aliphatic heterocycles. The van der Waals surface area contributed by atoms with Crippen LogP contribution in [0.2, 0.25) is 0 Å². The third kappa shape index (κ3) is 3.43. The number of nitrogens with zero attached hydrogens (tertiary/aromatic N) is 3. The van der Waals surface area contributed by atoms with Gasteiger partial charge >= 0.3 is 0 Å². The second-order valence-corrected chi connectivity index (χ2v) is 7.86. The van der Waals surface area contributed by atoms with Crippen LogP contribution in [0.5, 0.6) is 5.75 Å². The van der Waals surface area contributed by atoms with Gasteiger partial charge in [0.05, 0.1) is 29.0 Å². The molecule has 0 spiro atoms. The highest BCUT2D eigenvalue weighted by Gasteiger charge is 2.52. The van der Waals surface area contributed by atoms with E-state index in [2.05, 4.69) is 5.32 Å². The van der Waals surface area contributed by atoms with E-state index in [1.165, 1.54) is 25.3 Å². The van der Waals surface area contributed by atoms with Gasteiger partial charge in [-0.05, 0) is 31.5 Å². The fraction of sp³-hybridized carbons (Fsp3) is 0.318. The van der Waals surface area contributed by atoms with Crippen molar-refractivity contribution in [2.75, 3.05) is 23.9 Å². The minimum atomic E-state index is -0.855. The number of nitrogens with one attached hydrogen (secondary N) is 1. The van der Waals surface area contributed by atoms with E-state index < -0.39 is 16.5 Å².